The summed E-state index contributed by atoms with van der Waals surface area (Å²) in [7, 11) is 0. The van der Waals surface area contributed by atoms with Gasteiger partial charge in [-0.1, -0.05) is 24.3 Å². The maximum Gasteiger partial charge on any atom is 0.130 e. The van der Waals surface area contributed by atoms with Crippen LogP contribution in [0.5, 0.6) is 5.75 Å². The zero-order valence-corrected chi connectivity index (χ0v) is 13.0. The number of fused-ring (bicyclic) bond motifs is 1. The fourth-order valence-corrected chi connectivity index (χ4v) is 3.32. The molecule has 2 nitrogen and oxygen atoms in total. The number of halogens is 1. The molecule has 118 valence electrons. The quantitative estimate of drug-likeness (QED) is 0.847. The highest BCUT2D eigenvalue weighted by molar-refractivity contribution is 5.74. The first-order valence-corrected chi connectivity index (χ1v) is 8.10. The Morgan fingerprint density at radius 3 is 2.61 bits per heavy atom. The summed E-state index contributed by atoms with van der Waals surface area (Å²) in [5.74, 6) is 0.852. The monoisotopic (exact) mass is 310 g/mol. The molecule has 0 saturated heterocycles. The van der Waals surface area contributed by atoms with Crippen LogP contribution in [0.3, 0.4) is 0 Å². The molecule has 2 aromatic rings. The first kappa shape index (κ1) is 14.5. The third-order valence-corrected chi connectivity index (χ3v) is 4.47. The molecule has 3 heteroatoms. The van der Waals surface area contributed by atoms with Crippen LogP contribution in [-0.4, -0.2) is 19.8 Å². The van der Waals surface area contributed by atoms with E-state index in [1.54, 1.807) is 0 Å². The summed E-state index contributed by atoms with van der Waals surface area (Å²) in [5, 5.41) is 0. The Kier molecular flexibility index (Phi) is 3.88. The van der Waals surface area contributed by atoms with Gasteiger partial charge in [0.05, 0.1) is 19.8 Å². The van der Waals surface area contributed by atoms with Crippen molar-refractivity contribution in [3.63, 3.8) is 0 Å². The Bertz CT molecular complexity index is 747. The SMILES string of the molecule is Fc1ccc(Cc2cc3c(c(C4=CCOCC4)c2)OCC3)cc1. The molecule has 2 aliphatic rings. The number of hydrogen-bond acceptors (Lipinski definition) is 2. The highest BCUT2D eigenvalue weighted by atomic mass is 19.1. The van der Waals surface area contributed by atoms with Gasteiger partial charge in [-0.2, -0.15) is 0 Å². The van der Waals surface area contributed by atoms with Crippen molar-refractivity contribution in [2.45, 2.75) is 19.3 Å². The predicted molar refractivity (Wildman–Crippen MR) is 88.3 cm³/mol. The zero-order valence-electron chi connectivity index (χ0n) is 13.0. The Morgan fingerprint density at radius 1 is 0.957 bits per heavy atom. The zero-order chi connectivity index (χ0) is 15.6. The minimum absolute atomic E-state index is 0.191. The molecule has 0 spiro atoms. The summed E-state index contributed by atoms with van der Waals surface area (Å²) in [6.45, 7) is 2.20. The number of rotatable bonds is 3. The smallest absolute Gasteiger partial charge is 0.130 e. The van der Waals surface area contributed by atoms with Gasteiger partial charge in [0.1, 0.15) is 11.6 Å². The summed E-state index contributed by atoms with van der Waals surface area (Å²) in [4.78, 5) is 0. The highest BCUT2D eigenvalue weighted by Crippen LogP contribution is 2.37. The van der Waals surface area contributed by atoms with Gasteiger partial charge < -0.3 is 9.47 Å². The van der Waals surface area contributed by atoms with Crippen molar-refractivity contribution in [3.05, 3.63) is 70.5 Å². The number of ether oxygens (including phenoxy) is 2. The Balaban J connectivity index is 1.70. The molecule has 2 aromatic carbocycles. The van der Waals surface area contributed by atoms with E-state index >= 15 is 0 Å². The lowest BCUT2D eigenvalue weighted by atomic mass is 9.93. The molecule has 0 amide bonds. The second-order valence-corrected chi connectivity index (χ2v) is 6.09. The van der Waals surface area contributed by atoms with Crippen molar-refractivity contribution < 1.29 is 13.9 Å². The standard InChI is InChI=1S/C20H19FO2/c21-18-3-1-14(2-4-18)11-15-12-17-7-10-23-20(17)19(13-15)16-5-8-22-9-6-16/h1-5,12-13H,6-11H2. The van der Waals surface area contributed by atoms with Crippen molar-refractivity contribution in [2.75, 3.05) is 19.8 Å². The molecule has 2 heterocycles. The molecule has 0 radical (unpaired) electrons. The summed E-state index contributed by atoms with van der Waals surface area (Å²) < 4.78 is 24.4. The minimum Gasteiger partial charge on any atom is -0.492 e. The van der Waals surface area contributed by atoms with Crippen LogP contribution in [0.25, 0.3) is 5.57 Å². The van der Waals surface area contributed by atoms with E-state index in [0.29, 0.717) is 6.61 Å². The molecular weight excluding hydrogens is 291 g/mol. The first-order chi connectivity index (χ1) is 11.3. The third-order valence-electron chi connectivity index (χ3n) is 4.47. The predicted octanol–water partition coefficient (Wildman–Crippen LogP) is 4.16. The van der Waals surface area contributed by atoms with Crippen LogP contribution in [0, 0.1) is 5.82 Å². The molecule has 23 heavy (non-hydrogen) atoms. The summed E-state index contributed by atoms with van der Waals surface area (Å²) in [5.41, 5.74) is 6.18. The minimum atomic E-state index is -0.191. The number of hydrogen-bond donors (Lipinski definition) is 0. The van der Waals surface area contributed by atoms with Gasteiger partial charge in [-0.3, -0.25) is 0 Å². The molecule has 0 aliphatic carbocycles. The topological polar surface area (TPSA) is 18.5 Å². The molecular formula is C20H19FO2. The van der Waals surface area contributed by atoms with E-state index in [-0.39, 0.29) is 5.82 Å². The average Bonchev–Trinajstić information content (AvgIpc) is 3.05. The van der Waals surface area contributed by atoms with E-state index in [1.807, 2.05) is 12.1 Å². The van der Waals surface area contributed by atoms with E-state index in [0.717, 1.165) is 43.8 Å². The molecule has 0 fully saturated rings. The molecule has 0 saturated carbocycles. The van der Waals surface area contributed by atoms with Crippen LogP contribution in [0.15, 0.2) is 42.5 Å². The van der Waals surface area contributed by atoms with E-state index < -0.39 is 0 Å². The Labute approximate surface area is 135 Å². The fraction of sp³-hybridized carbons (Fsp3) is 0.300. The lowest BCUT2D eigenvalue weighted by Gasteiger charge is -2.17. The van der Waals surface area contributed by atoms with Gasteiger partial charge in [0.25, 0.3) is 0 Å². The van der Waals surface area contributed by atoms with Gasteiger partial charge in [-0.15, -0.1) is 0 Å². The summed E-state index contributed by atoms with van der Waals surface area (Å²) in [6, 6.07) is 11.2. The third kappa shape index (κ3) is 3.02. The molecule has 0 aromatic heterocycles. The lowest BCUT2D eigenvalue weighted by molar-refractivity contribution is 0.161. The molecule has 0 unspecified atom stereocenters. The summed E-state index contributed by atoms with van der Waals surface area (Å²) >= 11 is 0. The second-order valence-electron chi connectivity index (χ2n) is 6.09. The van der Waals surface area contributed by atoms with E-state index in [9.17, 15) is 4.39 Å². The van der Waals surface area contributed by atoms with Crippen molar-refractivity contribution in [3.8, 4) is 5.75 Å². The van der Waals surface area contributed by atoms with Gasteiger partial charge in [-0.25, -0.2) is 4.39 Å². The summed E-state index contributed by atoms with van der Waals surface area (Å²) in [6.07, 6.45) is 4.85. The van der Waals surface area contributed by atoms with E-state index in [1.165, 1.54) is 34.4 Å². The van der Waals surface area contributed by atoms with Crippen LogP contribution in [0.1, 0.15) is 28.7 Å². The van der Waals surface area contributed by atoms with Crippen LogP contribution in [-0.2, 0) is 17.6 Å². The molecule has 2 aliphatic heterocycles. The van der Waals surface area contributed by atoms with Crippen molar-refractivity contribution in [2.24, 2.45) is 0 Å². The maximum atomic E-state index is 13.1. The van der Waals surface area contributed by atoms with Crippen molar-refractivity contribution >= 4 is 5.57 Å². The van der Waals surface area contributed by atoms with E-state index in [2.05, 4.69) is 18.2 Å². The molecule has 0 bridgehead atoms. The Hall–Kier alpha value is -2.13. The largest absolute Gasteiger partial charge is 0.492 e. The first-order valence-electron chi connectivity index (χ1n) is 8.10. The van der Waals surface area contributed by atoms with Gasteiger partial charge >= 0.3 is 0 Å². The maximum absolute atomic E-state index is 13.1. The lowest BCUT2D eigenvalue weighted by Crippen LogP contribution is -2.05. The van der Waals surface area contributed by atoms with Gasteiger partial charge in [0.2, 0.25) is 0 Å². The van der Waals surface area contributed by atoms with Gasteiger partial charge in [0, 0.05) is 12.0 Å². The Morgan fingerprint density at radius 2 is 1.83 bits per heavy atom. The second kappa shape index (κ2) is 6.17. The van der Waals surface area contributed by atoms with Crippen LogP contribution >= 0.6 is 0 Å². The molecule has 0 N–H and O–H groups in total. The normalized spacial score (nSPS) is 16.7. The average molecular weight is 310 g/mol. The fourth-order valence-electron chi connectivity index (χ4n) is 3.32. The van der Waals surface area contributed by atoms with Gasteiger partial charge in [-0.05, 0) is 53.3 Å². The van der Waals surface area contributed by atoms with Crippen molar-refractivity contribution in [1.82, 2.24) is 0 Å². The highest BCUT2D eigenvalue weighted by Gasteiger charge is 2.21. The van der Waals surface area contributed by atoms with Crippen LogP contribution in [0.4, 0.5) is 4.39 Å². The number of benzene rings is 2. The molecule has 4 rings (SSSR count). The van der Waals surface area contributed by atoms with Crippen LogP contribution < -0.4 is 4.74 Å². The van der Waals surface area contributed by atoms with Crippen molar-refractivity contribution in [1.29, 1.82) is 0 Å². The van der Waals surface area contributed by atoms with Gasteiger partial charge in [0.15, 0.2) is 0 Å². The van der Waals surface area contributed by atoms with E-state index in [4.69, 9.17) is 9.47 Å². The molecule has 0 atom stereocenters. The van der Waals surface area contributed by atoms with Crippen LogP contribution in [0.2, 0.25) is 0 Å².